The van der Waals surface area contributed by atoms with E-state index in [9.17, 15) is 14.4 Å². The molecule has 0 aliphatic carbocycles. The van der Waals surface area contributed by atoms with Gasteiger partial charge in [-0.15, -0.1) is 0 Å². The van der Waals surface area contributed by atoms with Gasteiger partial charge in [-0.25, -0.2) is 4.79 Å². The zero-order valence-electron chi connectivity index (χ0n) is 13.5. The molecule has 0 aliphatic heterocycles. The third-order valence-electron chi connectivity index (χ3n) is 2.86. The van der Waals surface area contributed by atoms with E-state index in [1.165, 1.54) is 13.8 Å². The van der Waals surface area contributed by atoms with Crippen LogP contribution in [0, 0.1) is 0 Å². The summed E-state index contributed by atoms with van der Waals surface area (Å²) in [4.78, 5) is 35.0. The van der Waals surface area contributed by atoms with Crippen molar-refractivity contribution in [3.8, 4) is 5.75 Å². The summed E-state index contributed by atoms with van der Waals surface area (Å²) >= 11 is 0. The van der Waals surface area contributed by atoms with Crippen molar-refractivity contribution < 1.29 is 23.9 Å². The van der Waals surface area contributed by atoms with Crippen molar-refractivity contribution in [2.24, 2.45) is 0 Å². The Kier molecular flexibility index (Phi) is 7.59. The molecule has 7 nitrogen and oxygen atoms in total. The Balaban J connectivity index is 2.36. The number of benzene rings is 1. The van der Waals surface area contributed by atoms with Crippen LogP contribution in [0.3, 0.4) is 0 Å². The number of hydrogen-bond acceptors (Lipinski definition) is 5. The maximum atomic E-state index is 11.8. The molecule has 0 heterocycles. The van der Waals surface area contributed by atoms with Gasteiger partial charge in [0.05, 0.1) is 0 Å². The van der Waals surface area contributed by atoms with E-state index < -0.39 is 24.0 Å². The van der Waals surface area contributed by atoms with E-state index >= 15 is 0 Å². The van der Waals surface area contributed by atoms with E-state index in [1.54, 1.807) is 31.2 Å². The molecule has 126 valence electrons. The minimum atomic E-state index is -0.914. The zero-order chi connectivity index (χ0) is 17.2. The number of amides is 2. The highest BCUT2D eigenvalue weighted by molar-refractivity contribution is 5.87. The molecule has 0 fully saturated rings. The molecule has 0 aliphatic rings. The first kappa shape index (κ1) is 18.5. The number of rotatable bonds is 8. The molecule has 0 bridgehead atoms. The topological polar surface area (TPSA) is 93.7 Å². The van der Waals surface area contributed by atoms with Crippen LogP contribution in [0.2, 0.25) is 0 Å². The van der Waals surface area contributed by atoms with E-state index in [0.29, 0.717) is 12.3 Å². The monoisotopic (exact) mass is 322 g/mol. The number of carbonyl (C=O) groups excluding carboxylic acids is 3. The maximum Gasteiger partial charge on any atom is 0.329 e. The predicted octanol–water partition coefficient (Wildman–Crippen LogP) is 0.638. The van der Waals surface area contributed by atoms with E-state index in [1.807, 2.05) is 6.07 Å². The highest BCUT2D eigenvalue weighted by Gasteiger charge is 2.22. The van der Waals surface area contributed by atoms with Gasteiger partial charge in [0.1, 0.15) is 11.8 Å². The Morgan fingerprint density at radius 1 is 1.13 bits per heavy atom. The van der Waals surface area contributed by atoms with Gasteiger partial charge in [0.25, 0.3) is 11.8 Å². The second kappa shape index (κ2) is 9.45. The molecule has 0 unspecified atom stereocenters. The van der Waals surface area contributed by atoms with Crippen LogP contribution < -0.4 is 15.4 Å². The molecule has 23 heavy (non-hydrogen) atoms. The van der Waals surface area contributed by atoms with Gasteiger partial charge in [-0.3, -0.25) is 9.59 Å². The fraction of sp³-hybridized carbons (Fsp3) is 0.438. The van der Waals surface area contributed by atoms with Crippen molar-refractivity contribution in [1.82, 2.24) is 10.6 Å². The summed E-state index contributed by atoms with van der Waals surface area (Å²) in [6, 6.07) is 7.98. The Labute approximate surface area is 135 Å². The molecule has 2 N–H and O–H groups in total. The predicted molar refractivity (Wildman–Crippen MR) is 83.8 cm³/mol. The first-order chi connectivity index (χ1) is 10.9. The van der Waals surface area contributed by atoms with Crippen molar-refractivity contribution in [3.05, 3.63) is 30.3 Å². The standard InChI is InChI=1S/C16H22N2O5/c1-4-17-15(20)12(3)23-16(21)11(2)18-14(19)10-22-13-8-6-5-7-9-13/h5-9,11-12H,4,10H2,1-3H3,(H,17,20)(H,18,19)/t11-,12+/m0/s1. The van der Waals surface area contributed by atoms with Crippen molar-refractivity contribution in [3.63, 3.8) is 0 Å². The second-order valence-electron chi connectivity index (χ2n) is 4.86. The maximum absolute atomic E-state index is 11.8. The Morgan fingerprint density at radius 2 is 1.78 bits per heavy atom. The quantitative estimate of drug-likeness (QED) is 0.685. The van der Waals surface area contributed by atoms with Crippen LogP contribution in [-0.2, 0) is 19.1 Å². The van der Waals surface area contributed by atoms with Gasteiger partial charge in [-0.05, 0) is 32.9 Å². The number of carbonyl (C=O) groups is 3. The largest absolute Gasteiger partial charge is 0.484 e. The highest BCUT2D eigenvalue weighted by Crippen LogP contribution is 2.07. The van der Waals surface area contributed by atoms with Crippen LogP contribution in [0.1, 0.15) is 20.8 Å². The van der Waals surface area contributed by atoms with Crippen molar-refractivity contribution in [2.75, 3.05) is 13.2 Å². The number of nitrogens with one attached hydrogen (secondary N) is 2. The number of likely N-dealkylation sites (N-methyl/N-ethyl adjacent to an activating group) is 1. The lowest BCUT2D eigenvalue weighted by Crippen LogP contribution is -2.44. The molecule has 1 aromatic carbocycles. The molecule has 7 heteroatoms. The summed E-state index contributed by atoms with van der Waals surface area (Å²) in [7, 11) is 0. The van der Waals surface area contributed by atoms with Gasteiger partial charge < -0.3 is 20.1 Å². The SMILES string of the molecule is CCNC(=O)[C@@H](C)OC(=O)[C@H](C)NC(=O)COc1ccccc1. The Hall–Kier alpha value is -2.57. The summed E-state index contributed by atoms with van der Waals surface area (Å²) in [6.07, 6.45) is -0.914. The molecule has 0 spiro atoms. The van der Waals surface area contributed by atoms with Crippen LogP contribution in [0.15, 0.2) is 30.3 Å². The third kappa shape index (κ3) is 6.82. The van der Waals surface area contributed by atoms with Gasteiger partial charge in [0, 0.05) is 6.54 Å². The highest BCUT2D eigenvalue weighted by atomic mass is 16.5. The minimum absolute atomic E-state index is 0.215. The zero-order valence-corrected chi connectivity index (χ0v) is 13.5. The van der Waals surface area contributed by atoms with Crippen LogP contribution in [0.4, 0.5) is 0 Å². The van der Waals surface area contributed by atoms with Crippen LogP contribution in [-0.4, -0.2) is 43.1 Å². The smallest absolute Gasteiger partial charge is 0.329 e. The summed E-state index contributed by atoms with van der Waals surface area (Å²) in [5.41, 5.74) is 0. The summed E-state index contributed by atoms with van der Waals surface area (Å²) in [6.45, 7) is 4.95. The van der Waals surface area contributed by atoms with E-state index in [0.717, 1.165) is 0 Å². The van der Waals surface area contributed by atoms with Gasteiger partial charge in [0.15, 0.2) is 12.7 Å². The first-order valence-electron chi connectivity index (χ1n) is 7.39. The molecule has 2 amide bonds. The van der Waals surface area contributed by atoms with Crippen LogP contribution in [0.25, 0.3) is 0 Å². The molecule has 0 radical (unpaired) electrons. The lowest BCUT2D eigenvalue weighted by molar-refractivity contribution is -0.157. The molecule has 1 aromatic rings. The van der Waals surface area contributed by atoms with Gasteiger partial charge >= 0.3 is 5.97 Å². The average Bonchev–Trinajstić information content (AvgIpc) is 2.54. The summed E-state index contributed by atoms with van der Waals surface area (Å²) in [5.74, 6) is -0.963. The van der Waals surface area contributed by atoms with Gasteiger partial charge in [0.2, 0.25) is 0 Å². The van der Waals surface area contributed by atoms with Crippen LogP contribution >= 0.6 is 0 Å². The minimum Gasteiger partial charge on any atom is -0.484 e. The molecule has 1 rings (SSSR count). The number of hydrogen-bond donors (Lipinski definition) is 2. The summed E-state index contributed by atoms with van der Waals surface area (Å²) in [5, 5.41) is 5.00. The Morgan fingerprint density at radius 3 is 2.39 bits per heavy atom. The van der Waals surface area contributed by atoms with E-state index in [2.05, 4.69) is 10.6 Å². The van der Waals surface area contributed by atoms with Crippen molar-refractivity contribution in [1.29, 1.82) is 0 Å². The van der Waals surface area contributed by atoms with Crippen molar-refractivity contribution in [2.45, 2.75) is 32.9 Å². The normalized spacial score (nSPS) is 12.7. The number of ether oxygens (including phenoxy) is 2. The molecule has 0 saturated heterocycles. The van der Waals surface area contributed by atoms with Crippen LogP contribution in [0.5, 0.6) is 5.75 Å². The average molecular weight is 322 g/mol. The molecule has 0 saturated carbocycles. The fourth-order valence-electron chi connectivity index (χ4n) is 1.66. The lowest BCUT2D eigenvalue weighted by Gasteiger charge is -2.17. The van der Waals surface area contributed by atoms with E-state index in [-0.39, 0.29) is 12.5 Å². The number of para-hydroxylation sites is 1. The molecular formula is C16H22N2O5. The third-order valence-corrected chi connectivity index (χ3v) is 2.86. The van der Waals surface area contributed by atoms with Gasteiger partial charge in [-0.1, -0.05) is 18.2 Å². The number of esters is 1. The Bertz CT molecular complexity index is 533. The first-order valence-corrected chi connectivity index (χ1v) is 7.39. The van der Waals surface area contributed by atoms with Gasteiger partial charge in [-0.2, -0.15) is 0 Å². The van der Waals surface area contributed by atoms with E-state index in [4.69, 9.17) is 9.47 Å². The summed E-state index contributed by atoms with van der Waals surface area (Å²) < 4.78 is 10.3. The lowest BCUT2D eigenvalue weighted by atomic mass is 10.3. The molecular weight excluding hydrogens is 300 g/mol. The fourth-order valence-corrected chi connectivity index (χ4v) is 1.66. The van der Waals surface area contributed by atoms with Crippen molar-refractivity contribution >= 4 is 17.8 Å². The second-order valence-corrected chi connectivity index (χ2v) is 4.86. The molecule has 0 aromatic heterocycles. The molecule has 2 atom stereocenters.